The number of hydrogen-bond donors (Lipinski definition) is 0. The first kappa shape index (κ1) is 9.81. The van der Waals surface area contributed by atoms with Gasteiger partial charge in [0, 0.05) is 0 Å². The van der Waals surface area contributed by atoms with Crippen molar-refractivity contribution in [1.82, 2.24) is 0 Å². The molecule has 14 heavy (non-hydrogen) atoms. The molecule has 1 aromatic carbocycles. The SMILES string of the molecule is CC1COc2c(ccc(Cl)c2Cl)C1=O. The van der Waals surface area contributed by atoms with Crippen LogP contribution in [0.2, 0.25) is 10.0 Å². The van der Waals surface area contributed by atoms with Gasteiger partial charge in [0.1, 0.15) is 10.8 Å². The zero-order valence-corrected chi connectivity index (χ0v) is 9.02. The third-order valence-corrected chi connectivity index (χ3v) is 3.03. The molecule has 0 radical (unpaired) electrons. The van der Waals surface area contributed by atoms with Gasteiger partial charge in [-0.25, -0.2) is 0 Å². The smallest absolute Gasteiger partial charge is 0.172 e. The Morgan fingerprint density at radius 3 is 2.86 bits per heavy atom. The number of benzene rings is 1. The molecule has 1 atom stereocenters. The van der Waals surface area contributed by atoms with E-state index in [1.54, 1.807) is 12.1 Å². The highest BCUT2D eigenvalue weighted by Crippen LogP contribution is 2.38. The molecule has 1 aliphatic rings. The number of ketones is 1. The summed E-state index contributed by atoms with van der Waals surface area (Å²) in [6, 6.07) is 3.27. The van der Waals surface area contributed by atoms with E-state index in [0.29, 0.717) is 28.0 Å². The van der Waals surface area contributed by atoms with Crippen molar-refractivity contribution >= 4 is 29.0 Å². The van der Waals surface area contributed by atoms with Gasteiger partial charge < -0.3 is 4.74 Å². The number of halogens is 2. The number of carbonyl (C=O) groups excluding carboxylic acids is 1. The van der Waals surface area contributed by atoms with Crippen LogP contribution in [0.5, 0.6) is 5.75 Å². The average Bonchev–Trinajstić information content (AvgIpc) is 2.17. The Hall–Kier alpha value is -0.730. The lowest BCUT2D eigenvalue weighted by Gasteiger charge is -2.22. The maximum atomic E-state index is 11.7. The summed E-state index contributed by atoms with van der Waals surface area (Å²) in [6.45, 7) is 2.19. The quantitative estimate of drug-likeness (QED) is 0.685. The van der Waals surface area contributed by atoms with Crippen molar-refractivity contribution in [2.24, 2.45) is 5.92 Å². The first-order valence-electron chi connectivity index (χ1n) is 4.26. The normalized spacial score (nSPS) is 20.2. The second-order valence-corrected chi connectivity index (χ2v) is 4.10. The van der Waals surface area contributed by atoms with E-state index < -0.39 is 0 Å². The van der Waals surface area contributed by atoms with E-state index in [-0.39, 0.29) is 11.7 Å². The molecular formula is C10H8Cl2O2. The largest absolute Gasteiger partial charge is 0.490 e. The number of carbonyl (C=O) groups is 1. The summed E-state index contributed by atoms with van der Waals surface area (Å²) in [6.07, 6.45) is 0. The summed E-state index contributed by atoms with van der Waals surface area (Å²) in [4.78, 5) is 11.7. The van der Waals surface area contributed by atoms with E-state index in [2.05, 4.69) is 0 Å². The van der Waals surface area contributed by atoms with Gasteiger partial charge in [-0.1, -0.05) is 30.1 Å². The maximum Gasteiger partial charge on any atom is 0.172 e. The highest BCUT2D eigenvalue weighted by atomic mass is 35.5. The topological polar surface area (TPSA) is 26.3 Å². The minimum Gasteiger partial charge on any atom is -0.490 e. The van der Waals surface area contributed by atoms with Crippen molar-refractivity contribution in [3.05, 3.63) is 27.7 Å². The first-order valence-corrected chi connectivity index (χ1v) is 5.02. The first-order chi connectivity index (χ1) is 6.61. The number of ether oxygens (including phenoxy) is 1. The van der Waals surface area contributed by atoms with Crippen LogP contribution in [0.1, 0.15) is 17.3 Å². The lowest BCUT2D eigenvalue weighted by Crippen LogP contribution is -2.25. The van der Waals surface area contributed by atoms with Crippen LogP contribution < -0.4 is 4.74 Å². The third-order valence-electron chi connectivity index (χ3n) is 2.24. The molecule has 0 aromatic heterocycles. The van der Waals surface area contributed by atoms with Crippen LogP contribution >= 0.6 is 23.2 Å². The van der Waals surface area contributed by atoms with Gasteiger partial charge in [0.15, 0.2) is 5.78 Å². The average molecular weight is 231 g/mol. The molecule has 0 N–H and O–H groups in total. The van der Waals surface area contributed by atoms with E-state index in [1.807, 2.05) is 6.92 Å². The van der Waals surface area contributed by atoms with Crippen LogP contribution in [0.15, 0.2) is 12.1 Å². The van der Waals surface area contributed by atoms with Crippen LogP contribution in [-0.2, 0) is 0 Å². The summed E-state index contributed by atoms with van der Waals surface area (Å²) < 4.78 is 5.38. The summed E-state index contributed by atoms with van der Waals surface area (Å²) >= 11 is 11.7. The fourth-order valence-electron chi connectivity index (χ4n) is 1.42. The van der Waals surface area contributed by atoms with Gasteiger partial charge in [-0.3, -0.25) is 4.79 Å². The van der Waals surface area contributed by atoms with Crippen LogP contribution in [0.25, 0.3) is 0 Å². The van der Waals surface area contributed by atoms with E-state index >= 15 is 0 Å². The highest BCUT2D eigenvalue weighted by Gasteiger charge is 2.27. The standard InChI is InChI=1S/C10H8Cl2O2/c1-5-4-14-10-6(9(5)13)2-3-7(11)8(10)12/h2-3,5H,4H2,1H3. The Labute approximate surface area is 91.8 Å². The minimum absolute atomic E-state index is 0.0600. The molecular weight excluding hydrogens is 223 g/mol. The highest BCUT2D eigenvalue weighted by molar-refractivity contribution is 6.43. The predicted octanol–water partition coefficient (Wildman–Crippen LogP) is 3.20. The summed E-state index contributed by atoms with van der Waals surface area (Å²) in [5.41, 5.74) is 0.526. The van der Waals surface area contributed by atoms with E-state index in [1.165, 1.54) is 0 Å². The minimum atomic E-state index is -0.111. The van der Waals surface area contributed by atoms with Gasteiger partial charge in [0.05, 0.1) is 23.1 Å². The zero-order chi connectivity index (χ0) is 10.3. The lowest BCUT2D eigenvalue weighted by molar-refractivity contribution is 0.0849. The molecule has 1 heterocycles. The number of hydrogen-bond acceptors (Lipinski definition) is 2. The van der Waals surface area contributed by atoms with Crippen LogP contribution in [0.3, 0.4) is 0 Å². The van der Waals surface area contributed by atoms with E-state index in [4.69, 9.17) is 27.9 Å². The Morgan fingerprint density at radius 1 is 1.43 bits per heavy atom. The molecule has 74 valence electrons. The molecule has 2 rings (SSSR count). The second kappa shape index (κ2) is 3.44. The third kappa shape index (κ3) is 1.39. The molecule has 0 spiro atoms. The van der Waals surface area contributed by atoms with Crippen molar-refractivity contribution < 1.29 is 9.53 Å². The fourth-order valence-corrected chi connectivity index (χ4v) is 1.78. The van der Waals surface area contributed by atoms with Gasteiger partial charge in [-0.15, -0.1) is 0 Å². The van der Waals surface area contributed by atoms with Gasteiger partial charge in [0.25, 0.3) is 0 Å². The summed E-state index contributed by atoms with van der Waals surface area (Å²) in [5, 5.41) is 0.734. The summed E-state index contributed by atoms with van der Waals surface area (Å²) in [5.74, 6) is 0.367. The van der Waals surface area contributed by atoms with Crippen LogP contribution in [0.4, 0.5) is 0 Å². The summed E-state index contributed by atoms with van der Waals surface area (Å²) in [7, 11) is 0. The molecule has 0 bridgehead atoms. The van der Waals surface area contributed by atoms with Gasteiger partial charge in [-0.05, 0) is 12.1 Å². The molecule has 4 heteroatoms. The van der Waals surface area contributed by atoms with Crippen molar-refractivity contribution in [3.63, 3.8) is 0 Å². The lowest BCUT2D eigenvalue weighted by atomic mass is 9.97. The van der Waals surface area contributed by atoms with Gasteiger partial charge in [-0.2, -0.15) is 0 Å². The Balaban J connectivity index is 2.59. The van der Waals surface area contributed by atoms with E-state index in [9.17, 15) is 4.79 Å². The van der Waals surface area contributed by atoms with E-state index in [0.717, 1.165) is 0 Å². The molecule has 0 amide bonds. The number of Topliss-reactive ketones (excluding diaryl/α,β-unsaturated/α-hetero) is 1. The molecule has 0 fully saturated rings. The Morgan fingerprint density at radius 2 is 2.14 bits per heavy atom. The Bertz CT molecular complexity index is 401. The van der Waals surface area contributed by atoms with Gasteiger partial charge in [0.2, 0.25) is 0 Å². The van der Waals surface area contributed by atoms with Crippen molar-refractivity contribution in [1.29, 1.82) is 0 Å². The zero-order valence-electron chi connectivity index (χ0n) is 7.51. The molecule has 1 aromatic rings. The molecule has 0 saturated heterocycles. The van der Waals surface area contributed by atoms with Gasteiger partial charge >= 0.3 is 0 Å². The van der Waals surface area contributed by atoms with Crippen molar-refractivity contribution in [2.45, 2.75) is 6.92 Å². The van der Waals surface area contributed by atoms with Crippen LogP contribution in [-0.4, -0.2) is 12.4 Å². The maximum absolute atomic E-state index is 11.7. The predicted molar refractivity (Wildman–Crippen MR) is 55.5 cm³/mol. The fraction of sp³-hybridized carbons (Fsp3) is 0.300. The molecule has 1 aliphatic heterocycles. The monoisotopic (exact) mass is 230 g/mol. The molecule has 1 unspecified atom stereocenters. The molecule has 0 aliphatic carbocycles. The molecule has 0 saturated carbocycles. The second-order valence-electron chi connectivity index (χ2n) is 3.31. The molecule has 2 nitrogen and oxygen atoms in total. The van der Waals surface area contributed by atoms with Crippen LogP contribution in [0, 0.1) is 5.92 Å². The number of fused-ring (bicyclic) bond motifs is 1. The van der Waals surface area contributed by atoms with Crippen molar-refractivity contribution in [2.75, 3.05) is 6.61 Å². The number of rotatable bonds is 0. The van der Waals surface area contributed by atoms with Crippen molar-refractivity contribution in [3.8, 4) is 5.75 Å². The Kier molecular flexibility index (Phi) is 2.41.